The average molecular weight is 433 g/mol. The number of hydrogen-bond donors (Lipinski definition) is 1. The molecule has 0 aliphatic carbocycles. The lowest BCUT2D eigenvalue weighted by atomic mass is 10.0. The van der Waals surface area contributed by atoms with Gasteiger partial charge in [0.25, 0.3) is 5.91 Å². The summed E-state index contributed by atoms with van der Waals surface area (Å²) >= 11 is 3.53. The van der Waals surface area contributed by atoms with E-state index in [1.807, 2.05) is 25.1 Å². The number of hydrazone groups is 1. The van der Waals surface area contributed by atoms with Gasteiger partial charge in [-0.1, -0.05) is 29.8 Å². The Kier molecular flexibility index (Phi) is 6.01. The molecule has 1 aliphatic rings. The van der Waals surface area contributed by atoms with Crippen LogP contribution in [0.2, 0.25) is 0 Å². The molecule has 1 heterocycles. The molecule has 0 spiro atoms. The van der Waals surface area contributed by atoms with E-state index in [9.17, 15) is 4.79 Å². The fraction of sp³-hybridized carbons (Fsp3) is 0.300. The molecule has 7 heteroatoms. The molecule has 0 aromatic heterocycles. The highest BCUT2D eigenvalue weighted by molar-refractivity contribution is 9.10. The van der Waals surface area contributed by atoms with Crippen molar-refractivity contribution in [2.45, 2.75) is 26.7 Å². The van der Waals surface area contributed by atoms with Gasteiger partial charge in [0.2, 0.25) is 6.79 Å². The van der Waals surface area contributed by atoms with Gasteiger partial charge >= 0.3 is 0 Å². The molecule has 1 aliphatic heterocycles. The van der Waals surface area contributed by atoms with E-state index in [0.29, 0.717) is 17.2 Å². The summed E-state index contributed by atoms with van der Waals surface area (Å²) < 4.78 is 17.3. The minimum absolute atomic E-state index is 0.112. The smallest absolute Gasteiger partial charge is 0.277 e. The minimum atomic E-state index is -0.331. The van der Waals surface area contributed by atoms with Crippen molar-refractivity contribution in [3.05, 3.63) is 51.5 Å². The molecule has 0 radical (unpaired) electrons. The Bertz CT molecular complexity index is 881. The lowest BCUT2D eigenvalue weighted by Crippen LogP contribution is -2.25. The Morgan fingerprint density at radius 1 is 1.30 bits per heavy atom. The summed E-state index contributed by atoms with van der Waals surface area (Å²) in [5, 5.41) is 3.96. The van der Waals surface area contributed by atoms with E-state index in [-0.39, 0.29) is 25.2 Å². The van der Waals surface area contributed by atoms with Gasteiger partial charge in [0.1, 0.15) is 5.75 Å². The van der Waals surface area contributed by atoms with Gasteiger partial charge in [-0.15, -0.1) is 0 Å². The second-order valence-electron chi connectivity index (χ2n) is 6.49. The maximum Gasteiger partial charge on any atom is 0.277 e. The van der Waals surface area contributed by atoms with Gasteiger partial charge in [-0.3, -0.25) is 4.79 Å². The van der Waals surface area contributed by atoms with E-state index in [0.717, 1.165) is 21.2 Å². The van der Waals surface area contributed by atoms with Crippen LogP contribution in [0.5, 0.6) is 17.2 Å². The van der Waals surface area contributed by atoms with Crippen molar-refractivity contribution in [1.29, 1.82) is 0 Å². The third-order valence-electron chi connectivity index (χ3n) is 4.07. The molecular weight excluding hydrogens is 412 g/mol. The van der Waals surface area contributed by atoms with Gasteiger partial charge < -0.3 is 14.2 Å². The number of amides is 1. The number of carbonyl (C=O) groups excluding carboxylic acids is 1. The van der Waals surface area contributed by atoms with Crippen molar-refractivity contribution in [2.24, 2.45) is 5.10 Å². The van der Waals surface area contributed by atoms with Crippen LogP contribution in [-0.2, 0) is 4.79 Å². The van der Waals surface area contributed by atoms with Gasteiger partial charge in [-0.25, -0.2) is 5.43 Å². The van der Waals surface area contributed by atoms with Crippen LogP contribution in [0.4, 0.5) is 0 Å². The number of hydrogen-bond acceptors (Lipinski definition) is 5. The SMILES string of the molecule is Cc1cc(OCC(=O)NN=Cc2ccc3c(c2)OCO3)c(C(C)C)cc1Br. The third-order valence-corrected chi connectivity index (χ3v) is 4.93. The van der Waals surface area contributed by atoms with Crippen LogP contribution in [0.15, 0.2) is 39.9 Å². The third kappa shape index (κ3) is 4.80. The Hall–Kier alpha value is -2.54. The zero-order chi connectivity index (χ0) is 19.4. The second kappa shape index (κ2) is 8.43. The molecule has 0 saturated carbocycles. The molecule has 1 N–H and O–H groups in total. The van der Waals surface area contributed by atoms with Crippen LogP contribution in [0.3, 0.4) is 0 Å². The fourth-order valence-corrected chi connectivity index (χ4v) is 2.96. The highest BCUT2D eigenvalue weighted by Gasteiger charge is 2.13. The molecule has 2 aromatic rings. The summed E-state index contributed by atoms with van der Waals surface area (Å²) in [6.07, 6.45) is 1.54. The molecule has 1 amide bonds. The zero-order valence-corrected chi connectivity index (χ0v) is 17.0. The number of halogens is 1. The van der Waals surface area contributed by atoms with E-state index >= 15 is 0 Å². The number of ether oxygens (including phenoxy) is 3. The summed E-state index contributed by atoms with van der Waals surface area (Å²) in [4.78, 5) is 12.0. The number of nitrogens with one attached hydrogen (secondary N) is 1. The molecule has 0 atom stereocenters. The molecule has 0 saturated heterocycles. The summed E-state index contributed by atoms with van der Waals surface area (Å²) in [6, 6.07) is 9.40. The quantitative estimate of drug-likeness (QED) is 0.549. The Labute approximate surface area is 166 Å². The van der Waals surface area contributed by atoms with Gasteiger partial charge in [0, 0.05) is 4.47 Å². The molecule has 0 fully saturated rings. The molecule has 142 valence electrons. The van der Waals surface area contributed by atoms with Gasteiger partial charge in [-0.05, 0) is 59.9 Å². The van der Waals surface area contributed by atoms with Crippen LogP contribution in [-0.4, -0.2) is 25.5 Å². The van der Waals surface area contributed by atoms with Crippen LogP contribution >= 0.6 is 15.9 Å². The van der Waals surface area contributed by atoms with Gasteiger partial charge in [-0.2, -0.15) is 5.10 Å². The van der Waals surface area contributed by atoms with Crippen LogP contribution < -0.4 is 19.6 Å². The lowest BCUT2D eigenvalue weighted by Gasteiger charge is -2.15. The van der Waals surface area contributed by atoms with E-state index in [1.54, 1.807) is 18.3 Å². The maximum atomic E-state index is 12.0. The number of carbonyl (C=O) groups is 1. The first-order valence-electron chi connectivity index (χ1n) is 8.58. The van der Waals surface area contributed by atoms with Gasteiger partial charge in [0.05, 0.1) is 6.21 Å². The molecule has 27 heavy (non-hydrogen) atoms. The topological polar surface area (TPSA) is 69.2 Å². The van der Waals surface area contributed by atoms with Crippen molar-refractivity contribution in [3.8, 4) is 17.2 Å². The maximum absolute atomic E-state index is 12.0. The number of aryl methyl sites for hydroxylation is 1. The Balaban J connectivity index is 1.56. The van der Waals surface area contributed by atoms with Crippen LogP contribution in [0, 0.1) is 6.92 Å². The Morgan fingerprint density at radius 2 is 2.07 bits per heavy atom. The number of rotatable bonds is 6. The van der Waals surface area contributed by atoms with Crippen molar-refractivity contribution in [2.75, 3.05) is 13.4 Å². The summed E-state index contributed by atoms with van der Waals surface area (Å²) in [6.45, 7) is 6.26. The fourth-order valence-electron chi connectivity index (χ4n) is 2.59. The summed E-state index contributed by atoms with van der Waals surface area (Å²) in [5.41, 5.74) is 5.36. The average Bonchev–Trinajstić information content (AvgIpc) is 3.10. The van der Waals surface area contributed by atoms with Crippen molar-refractivity contribution < 1.29 is 19.0 Å². The molecule has 2 aromatic carbocycles. The number of nitrogens with zero attached hydrogens (tertiary/aromatic N) is 1. The largest absolute Gasteiger partial charge is 0.483 e. The molecule has 0 unspecified atom stereocenters. The monoisotopic (exact) mass is 432 g/mol. The van der Waals surface area contributed by atoms with Crippen molar-refractivity contribution >= 4 is 28.1 Å². The van der Waals surface area contributed by atoms with Crippen LogP contribution in [0.1, 0.15) is 36.5 Å². The molecule has 6 nitrogen and oxygen atoms in total. The summed E-state index contributed by atoms with van der Waals surface area (Å²) in [7, 11) is 0. The predicted octanol–water partition coefficient (Wildman–Crippen LogP) is 4.14. The zero-order valence-electron chi connectivity index (χ0n) is 15.4. The van der Waals surface area contributed by atoms with E-state index in [2.05, 4.69) is 40.3 Å². The second-order valence-corrected chi connectivity index (χ2v) is 7.34. The number of benzene rings is 2. The lowest BCUT2D eigenvalue weighted by molar-refractivity contribution is -0.123. The minimum Gasteiger partial charge on any atom is -0.483 e. The summed E-state index contributed by atoms with van der Waals surface area (Å²) in [5.74, 6) is 2.03. The van der Waals surface area contributed by atoms with E-state index in [1.165, 1.54) is 0 Å². The Morgan fingerprint density at radius 3 is 2.85 bits per heavy atom. The number of fused-ring (bicyclic) bond motifs is 1. The normalized spacial score (nSPS) is 12.6. The van der Waals surface area contributed by atoms with Gasteiger partial charge in [0.15, 0.2) is 18.1 Å². The first-order valence-corrected chi connectivity index (χ1v) is 9.37. The van der Waals surface area contributed by atoms with Crippen LogP contribution in [0.25, 0.3) is 0 Å². The van der Waals surface area contributed by atoms with E-state index in [4.69, 9.17) is 14.2 Å². The molecule has 3 rings (SSSR count). The standard InChI is InChI=1S/C20H21BrN2O4/c1-12(2)15-8-16(21)13(3)6-18(15)25-10-20(24)23-22-9-14-4-5-17-19(7-14)27-11-26-17/h4-9,12H,10-11H2,1-3H3,(H,23,24). The first-order chi connectivity index (χ1) is 12.9. The predicted molar refractivity (Wildman–Crippen MR) is 107 cm³/mol. The molecular formula is C20H21BrN2O4. The van der Waals surface area contributed by atoms with Crippen molar-refractivity contribution in [1.82, 2.24) is 5.43 Å². The highest BCUT2D eigenvalue weighted by Crippen LogP contribution is 2.33. The van der Waals surface area contributed by atoms with E-state index < -0.39 is 0 Å². The highest BCUT2D eigenvalue weighted by atomic mass is 79.9. The molecule has 0 bridgehead atoms. The first kappa shape index (κ1) is 19.2. The van der Waals surface area contributed by atoms with Crippen molar-refractivity contribution in [3.63, 3.8) is 0 Å².